The predicted octanol–water partition coefficient (Wildman–Crippen LogP) is 3.51. The second kappa shape index (κ2) is 7.70. The third-order valence-corrected chi connectivity index (χ3v) is 5.47. The van der Waals surface area contributed by atoms with Crippen LogP contribution in [0, 0.1) is 0 Å². The number of thiophene rings is 1. The quantitative estimate of drug-likeness (QED) is 0.783. The maximum atomic E-state index is 12.3. The third kappa shape index (κ3) is 4.11. The monoisotopic (exact) mass is 373 g/mol. The summed E-state index contributed by atoms with van der Waals surface area (Å²) in [6, 6.07) is 7.64. The number of rotatable bonds is 5. The molecule has 2 N–H and O–H groups in total. The highest BCUT2D eigenvalue weighted by Crippen LogP contribution is 2.30. The van der Waals surface area contributed by atoms with Gasteiger partial charge in [-0.2, -0.15) is 0 Å². The van der Waals surface area contributed by atoms with Crippen LogP contribution in [0.5, 0.6) is 0 Å². The van der Waals surface area contributed by atoms with E-state index in [0.29, 0.717) is 10.6 Å². The fourth-order valence-corrected chi connectivity index (χ4v) is 3.94. The Labute approximate surface area is 154 Å². The molecule has 1 aliphatic rings. The van der Waals surface area contributed by atoms with Crippen LogP contribution >= 0.6 is 11.3 Å². The molecule has 0 fully saturated rings. The van der Waals surface area contributed by atoms with E-state index in [4.69, 9.17) is 9.84 Å². The predicted molar refractivity (Wildman–Crippen MR) is 97.9 cm³/mol. The van der Waals surface area contributed by atoms with Crippen molar-refractivity contribution in [3.63, 3.8) is 0 Å². The van der Waals surface area contributed by atoms with Crippen molar-refractivity contribution >= 4 is 34.9 Å². The van der Waals surface area contributed by atoms with Crippen LogP contribution in [0.4, 0.5) is 5.69 Å². The van der Waals surface area contributed by atoms with E-state index in [1.807, 2.05) is 6.07 Å². The van der Waals surface area contributed by atoms with Crippen molar-refractivity contribution in [2.24, 2.45) is 0 Å². The van der Waals surface area contributed by atoms with Gasteiger partial charge in [0.25, 0.3) is 5.91 Å². The molecule has 0 radical (unpaired) electrons. The molecule has 2 aromatic rings. The van der Waals surface area contributed by atoms with Crippen molar-refractivity contribution in [1.29, 1.82) is 0 Å². The first kappa shape index (κ1) is 18.1. The third-order valence-electron chi connectivity index (χ3n) is 4.25. The van der Waals surface area contributed by atoms with Gasteiger partial charge in [0.05, 0.1) is 5.56 Å². The molecule has 1 amide bonds. The van der Waals surface area contributed by atoms with Gasteiger partial charge in [-0.1, -0.05) is 0 Å². The molecule has 1 heterocycles. The van der Waals surface area contributed by atoms with Crippen LogP contribution in [-0.2, 0) is 22.4 Å². The molecule has 0 bridgehead atoms. The minimum Gasteiger partial charge on any atom is -0.478 e. The number of anilines is 1. The molecule has 136 valence electrons. The fourth-order valence-electron chi connectivity index (χ4n) is 2.80. The lowest BCUT2D eigenvalue weighted by atomic mass is 9.99. The number of amides is 1. The van der Waals surface area contributed by atoms with Crippen molar-refractivity contribution < 1.29 is 24.2 Å². The number of benzene rings is 1. The second-order valence-electron chi connectivity index (χ2n) is 6.19. The van der Waals surface area contributed by atoms with Gasteiger partial charge >= 0.3 is 11.9 Å². The lowest BCUT2D eigenvalue weighted by molar-refractivity contribution is -0.123. The first-order valence-corrected chi connectivity index (χ1v) is 9.22. The second-order valence-corrected chi connectivity index (χ2v) is 7.32. The van der Waals surface area contributed by atoms with Gasteiger partial charge in [0, 0.05) is 10.6 Å². The molecule has 1 aromatic heterocycles. The van der Waals surface area contributed by atoms with Gasteiger partial charge in [0.2, 0.25) is 0 Å². The Bertz CT molecular complexity index is 817. The van der Waals surface area contributed by atoms with E-state index in [9.17, 15) is 14.4 Å². The van der Waals surface area contributed by atoms with E-state index in [0.717, 1.165) is 25.7 Å². The van der Waals surface area contributed by atoms with Crippen molar-refractivity contribution in [2.75, 3.05) is 5.32 Å². The van der Waals surface area contributed by atoms with Crippen LogP contribution in [0.25, 0.3) is 0 Å². The molecule has 1 atom stereocenters. The zero-order valence-corrected chi connectivity index (χ0v) is 15.1. The molecule has 0 aliphatic heterocycles. The van der Waals surface area contributed by atoms with Crippen molar-refractivity contribution in [3.8, 4) is 0 Å². The number of carbonyl (C=O) groups excluding carboxylic acids is 2. The van der Waals surface area contributed by atoms with Gasteiger partial charge < -0.3 is 15.2 Å². The Balaban J connectivity index is 1.59. The molecule has 0 spiro atoms. The molecule has 6 nitrogen and oxygen atoms in total. The molecule has 1 unspecified atom stereocenters. The lowest BCUT2D eigenvalue weighted by Crippen LogP contribution is -2.29. The summed E-state index contributed by atoms with van der Waals surface area (Å²) >= 11 is 1.44. The Morgan fingerprint density at radius 1 is 1.15 bits per heavy atom. The highest BCUT2D eigenvalue weighted by atomic mass is 32.1. The van der Waals surface area contributed by atoms with E-state index in [1.54, 1.807) is 0 Å². The first-order chi connectivity index (χ1) is 12.4. The summed E-state index contributed by atoms with van der Waals surface area (Å²) in [5.41, 5.74) is 1.78. The summed E-state index contributed by atoms with van der Waals surface area (Å²) in [6.45, 7) is 1.51. The van der Waals surface area contributed by atoms with Gasteiger partial charge in [-0.3, -0.25) is 4.79 Å². The standard InChI is InChI=1S/C19H19NO5S/c1-11(17(21)20-14-8-6-12(7-9-14)18(22)23)25-19(24)16-10-13-4-2-3-5-15(13)26-16/h6-11H,2-5H2,1H3,(H,20,21)(H,22,23). The van der Waals surface area contributed by atoms with Crippen LogP contribution < -0.4 is 5.32 Å². The number of hydrogen-bond donors (Lipinski definition) is 2. The summed E-state index contributed by atoms with van der Waals surface area (Å²) < 4.78 is 5.28. The highest BCUT2D eigenvalue weighted by Gasteiger charge is 2.22. The number of carbonyl (C=O) groups is 3. The molecule has 0 saturated heterocycles. The maximum absolute atomic E-state index is 12.3. The highest BCUT2D eigenvalue weighted by molar-refractivity contribution is 7.14. The maximum Gasteiger partial charge on any atom is 0.349 e. The number of aromatic carboxylic acids is 1. The molecule has 3 rings (SSSR count). The largest absolute Gasteiger partial charge is 0.478 e. The zero-order chi connectivity index (χ0) is 18.7. The van der Waals surface area contributed by atoms with Crippen LogP contribution in [0.2, 0.25) is 0 Å². The minimum absolute atomic E-state index is 0.129. The van der Waals surface area contributed by atoms with Crippen LogP contribution in [-0.4, -0.2) is 29.1 Å². The van der Waals surface area contributed by atoms with Gasteiger partial charge in [-0.05, 0) is 68.5 Å². The number of hydrogen-bond acceptors (Lipinski definition) is 5. The van der Waals surface area contributed by atoms with Crippen LogP contribution in [0.1, 0.15) is 50.2 Å². The number of carboxylic acids is 1. The van der Waals surface area contributed by atoms with E-state index >= 15 is 0 Å². The Morgan fingerprint density at radius 3 is 2.50 bits per heavy atom. The van der Waals surface area contributed by atoms with Gasteiger partial charge in [-0.25, -0.2) is 9.59 Å². The summed E-state index contributed by atoms with van der Waals surface area (Å²) in [6.07, 6.45) is 3.30. The SMILES string of the molecule is CC(OC(=O)c1cc2c(s1)CCCC2)C(=O)Nc1ccc(C(=O)O)cc1. The van der Waals surface area contributed by atoms with Gasteiger partial charge in [0.15, 0.2) is 6.10 Å². The van der Waals surface area contributed by atoms with Gasteiger partial charge in [-0.15, -0.1) is 11.3 Å². The van der Waals surface area contributed by atoms with Crippen molar-refractivity contribution in [3.05, 3.63) is 51.2 Å². The number of aryl methyl sites for hydroxylation is 2. The smallest absolute Gasteiger partial charge is 0.349 e. The number of carboxylic acid groups (broad SMARTS) is 1. The van der Waals surface area contributed by atoms with Crippen molar-refractivity contribution in [1.82, 2.24) is 0 Å². The topological polar surface area (TPSA) is 92.7 Å². The summed E-state index contributed by atoms with van der Waals surface area (Å²) in [5.74, 6) is -2.00. The number of nitrogens with one attached hydrogen (secondary N) is 1. The Kier molecular flexibility index (Phi) is 5.37. The molecule has 7 heteroatoms. The fraction of sp³-hybridized carbons (Fsp3) is 0.316. The van der Waals surface area contributed by atoms with E-state index in [2.05, 4.69) is 5.32 Å². The first-order valence-electron chi connectivity index (χ1n) is 8.41. The van der Waals surface area contributed by atoms with Crippen LogP contribution in [0.15, 0.2) is 30.3 Å². The number of esters is 1. The van der Waals surface area contributed by atoms with Crippen LogP contribution in [0.3, 0.4) is 0 Å². The summed E-state index contributed by atoms with van der Waals surface area (Å²) in [4.78, 5) is 37.1. The van der Waals surface area contributed by atoms with Gasteiger partial charge in [0.1, 0.15) is 4.88 Å². The Hall–Kier alpha value is -2.67. The molecule has 0 saturated carbocycles. The molecular weight excluding hydrogens is 354 g/mol. The van der Waals surface area contributed by atoms with E-state index in [-0.39, 0.29) is 5.56 Å². The summed E-state index contributed by atoms with van der Waals surface area (Å²) in [7, 11) is 0. The average molecular weight is 373 g/mol. The number of fused-ring (bicyclic) bond motifs is 1. The summed E-state index contributed by atoms with van der Waals surface area (Å²) in [5, 5.41) is 11.5. The normalized spacial score (nSPS) is 14.2. The van der Waals surface area contributed by atoms with E-state index in [1.165, 1.54) is 53.0 Å². The van der Waals surface area contributed by atoms with E-state index < -0.39 is 23.9 Å². The average Bonchev–Trinajstić information content (AvgIpc) is 3.06. The molecule has 1 aromatic carbocycles. The zero-order valence-electron chi connectivity index (χ0n) is 14.3. The Morgan fingerprint density at radius 2 is 1.85 bits per heavy atom. The van der Waals surface area contributed by atoms with Crippen molar-refractivity contribution in [2.45, 2.75) is 38.7 Å². The lowest BCUT2D eigenvalue weighted by Gasteiger charge is -2.13. The molecule has 1 aliphatic carbocycles. The minimum atomic E-state index is -1.04. The molecular formula is C19H19NO5S. The number of ether oxygens (including phenoxy) is 1. The molecule has 26 heavy (non-hydrogen) atoms.